The first-order chi connectivity index (χ1) is 9.10. The van der Waals surface area contributed by atoms with Gasteiger partial charge in [-0.05, 0) is 12.5 Å². The summed E-state index contributed by atoms with van der Waals surface area (Å²) >= 11 is 0. The number of nitrogens with one attached hydrogen (secondary N) is 1. The number of nitrogens with zero attached hydrogens (tertiary/aromatic N) is 1. The summed E-state index contributed by atoms with van der Waals surface area (Å²) in [5, 5.41) is 3.48. The summed E-state index contributed by atoms with van der Waals surface area (Å²) < 4.78 is 6.05. The van der Waals surface area contributed by atoms with Gasteiger partial charge in [0.25, 0.3) is 0 Å². The van der Waals surface area contributed by atoms with Gasteiger partial charge in [-0.15, -0.1) is 0 Å². The van der Waals surface area contributed by atoms with Gasteiger partial charge in [-0.3, -0.25) is 4.90 Å². The molecule has 3 heteroatoms. The van der Waals surface area contributed by atoms with Crippen LogP contribution >= 0.6 is 0 Å². The Morgan fingerprint density at radius 2 is 2.05 bits per heavy atom. The molecule has 0 amide bonds. The van der Waals surface area contributed by atoms with E-state index in [-0.39, 0.29) is 5.60 Å². The van der Waals surface area contributed by atoms with E-state index in [2.05, 4.69) is 61.3 Å². The van der Waals surface area contributed by atoms with Crippen molar-refractivity contribution >= 4 is 0 Å². The van der Waals surface area contributed by atoms with Gasteiger partial charge >= 0.3 is 0 Å². The molecule has 1 aliphatic heterocycles. The van der Waals surface area contributed by atoms with Crippen LogP contribution in [0.4, 0.5) is 0 Å². The van der Waals surface area contributed by atoms with Gasteiger partial charge in [0.1, 0.15) is 5.60 Å². The van der Waals surface area contributed by atoms with Crippen LogP contribution in [0.1, 0.15) is 26.3 Å². The molecule has 0 aliphatic carbocycles. The van der Waals surface area contributed by atoms with Crippen molar-refractivity contribution in [3.05, 3.63) is 35.9 Å². The minimum absolute atomic E-state index is 0.169. The highest BCUT2D eigenvalue weighted by atomic mass is 16.5. The van der Waals surface area contributed by atoms with Crippen LogP contribution < -0.4 is 5.32 Å². The SMILES string of the molecule is CC(C)NCCN1CCO[C@](C)(c2ccccc2)C1. The van der Waals surface area contributed by atoms with Gasteiger partial charge in [-0.2, -0.15) is 0 Å². The Kier molecular flexibility index (Phi) is 4.97. The fourth-order valence-corrected chi connectivity index (χ4v) is 2.62. The maximum atomic E-state index is 6.05. The lowest BCUT2D eigenvalue weighted by atomic mass is 9.94. The monoisotopic (exact) mass is 262 g/mol. The lowest BCUT2D eigenvalue weighted by molar-refractivity contribution is -0.102. The third-order valence-electron chi connectivity index (χ3n) is 3.72. The second kappa shape index (κ2) is 6.51. The van der Waals surface area contributed by atoms with Crippen LogP contribution in [0, 0.1) is 0 Å². The Bertz CT molecular complexity index is 380. The minimum Gasteiger partial charge on any atom is -0.368 e. The molecule has 1 fully saturated rings. The van der Waals surface area contributed by atoms with Crippen molar-refractivity contribution in [3.63, 3.8) is 0 Å². The van der Waals surface area contributed by atoms with E-state index in [4.69, 9.17) is 4.74 Å². The maximum absolute atomic E-state index is 6.05. The number of benzene rings is 1. The molecule has 1 aliphatic rings. The summed E-state index contributed by atoms with van der Waals surface area (Å²) in [7, 11) is 0. The third kappa shape index (κ3) is 4.03. The molecule has 1 aromatic carbocycles. The Labute approximate surface area is 116 Å². The lowest BCUT2D eigenvalue weighted by Crippen LogP contribution is -2.50. The van der Waals surface area contributed by atoms with Gasteiger partial charge in [-0.25, -0.2) is 0 Å². The van der Waals surface area contributed by atoms with Crippen LogP contribution in [-0.4, -0.2) is 43.7 Å². The fourth-order valence-electron chi connectivity index (χ4n) is 2.62. The second-order valence-corrected chi connectivity index (χ2v) is 5.83. The molecular formula is C16H26N2O. The number of morpholine rings is 1. The maximum Gasteiger partial charge on any atom is 0.103 e. The number of ether oxygens (including phenoxy) is 1. The zero-order valence-electron chi connectivity index (χ0n) is 12.4. The molecule has 0 bridgehead atoms. The molecule has 3 nitrogen and oxygen atoms in total. The van der Waals surface area contributed by atoms with Gasteiger partial charge in [0.15, 0.2) is 0 Å². The van der Waals surface area contributed by atoms with E-state index in [1.165, 1.54) is 5.56 Å². The fraction of sp³-hybridized carbons (Fsp3) is 0.625. The van der Waals surface area contributed by atoms with Gasteiger partial charge in [-0.1, -0.05) is 44.2 Å². The van der Waals surface area contributed by atoms with Crippen LogP contribution in [0.15, 0.2) is 30.3 Å². The van der Waals surface area contributed by atoms with Crippen molar-refractivity contribution in [2.75, 3.05) is 32.8 Å². The van der Waals surface area contributed by atoms with Crippen LogP contribution in [0.2, 0.25) is 0 Å². The Morgan fingerprint density at radius 3 is 2.74 bits per heavy atom. The van der Waals surface area contributed by atoms with Crippen molar-refractivity contribution in [1.82, 2.24) is 10.2 Å². The van der Waals surface area contributed by atoms with Crippen molar-refractivity contribution in [2.24, 2.45) is 0 Å². The van der Waals surface area contributed by atoms with Crippen molar-refractivity contribution in [3.8, 4) is 0 Å². The summed E-state index contributed by atoms with van der Waals surface area (Å²) in [6.07, 6.45) is 0. The summed E-state index contributed by atoms with van der Waals surface area (Å²) in [5.41, 5.74) is 1.11. The summed E-state index contributed by atoms with van der Waals surface area (Å²) in [6, 6.07) is 11.1. The third-order valence-corrected chi connectivity index (χ3v) is 3.72. The highest BCUT2D eigenvalue weighted by molar-refractivity contribution is 5.22. The van der Waals surface area contributed by atoms with E-state index in [1.54, 1.807) is 0 Å². The quantitative estimate of drug-likeness (QED) is 0.880. The smallest absolute Gasteiger partial charge is 0.103 e. The zero-order chi connectivity index (χ0) is 13.7. The first-order valence-electron chi connectivity index (χ1n) is 7.25. The minimum atomic E-state index is -0.169. The standard InChI is InChI=1S/C16H26N2O/c1-14(2)17-9-10-18-11-12-19-16(3,13-18)15-7-5-4-6-8-15/h4-8,14,17H,9-13H2,1-3H3/t16-/m0/s1. The predicted octanol–water partition coefficient (Wildman–Crippen LogP) is 2.23. The van der Waals surface area contributed by atoms with E-state index in [0.717, 1.165) is 32.8 Å². The molecular weight excluding hydrogens is 236 g/mol. The molecule has 1 aromatic rings. The van der Waals surface area contributed by atoms with E-state index in [0.29, 0.717) is 6.04 Å². The number of hydrogen-bond donors (Lipinski definition) is 1. The first-order valence-corrected chi connectivity index (χ1v) is 7.25. The van der Waals surface area contributed by atoms with E-state index in [1.807, 2.05) is 0 Å². The molecule has 1 atom stereocenters. The summed E-state index contributed by atoms with van der Waals surface area (Å²) in [6.45, 7) is 11.5. The molecule has 0 unspecified atom stereocenters. The average molecular weight is 262 g/mol. The molecule has 1 N–H and O–H groups in total. The summed E-state index contributed by atoms with van der Waals surface area (Å²) in [5.74, 6) is 0. The average Bonchev–Trinajstić information content (AvgIpc) is 2.39. The van der Waals surface area contributed by atoms with E-state index >= 15 is 0 Å². The summed E-state index contributed by atoms with van der Waals surface area (Å²) in [4.78, 5) is 2.49. The van der Waals surface area contributed by atoms with Crippen molar-refractivity contribution < 1.29 is 4.74 Å². The van der Waals surface area contributed by atoms with E-state index in [9.17, 15) is 0 Å². The first kappa shape index (κ1) is 14.5. The van der Waals surface area contributed by atoms with Gasteiger partial charge in [0.2, 0.25) is 0 Å². The Morgan fingerprint density at radius 1 is 1.32 bits per heavy atom. The molecule has 19 heavy (non-hydrogen) atoms. The van der Waals surface area contributed by atoms with Gasteiger partial charge in [0, 0.05) is 32.2 Å². The van der Waals surface area contributed by atoms with Crippen LogP contribution in [-0.2, 0) is 10.3 Å². The van der Waals surface area contributed by atoms with Gasteiger partial charge < -0.3 is 10.1 Å². The normalized spacial score (nSPS) is 24.8. The number of rotatable bonds is 5. The molecule has 0 spiro atoms. The zero-order valence-corrected chi connectivity index (χ0v) is 12.4. The highest BCUT2D eigenvalue weighted by Crippen LogP contribution is 2.28. The topological polar surface area (TPSA) is 24.5 Å². The molecule has 2 rings (SSSR count). The molecule has 0 aromatic heterocycles. The molecule has 1 saturated heterocycles. The van der Waals surface area contributed by atoms with Crippen LogP contribution in [0.25, 0.3) is 0 Å². The van der Waals surface area contributed by atoms with Gasteiger partial charge in [0.05, 0.1) is 6.61 Å². The van der Waals surface area contributed by atoms with Crippen molar-refractivity contribution in [1.29, 1.82) is 0 Å². The predicted molar refractivity (Wildman–Crippen MR) is 79.3 cm³/mol. The second-order valence-electron chi connectivity index (χ2n) is 5.83. The van der Waals surface area contributed by atoms with Crippen molar-refractivity contribution in [2.45, 2.75) is 32.4 Å². The van der Waals surface area contributed by atoms with Crippen LogP contribution in [0.3, 0.4) is 0 Å². The van der Waals surface area contributed by atoms with Crippen LogP contribution in [0.5, 0.6) is 0 Å². The molecule has 0 radical (unpaired) electrons. The Hall–Kier alpha value is -0.900. The molecule has 106 valence electrons. The van der Waals surface area contributed by atoms with E-state index < -0.39 is 0 Å². The molecule has 1 heterocycles. The Balaban J connectivity index is 1.93. The largest absolute Gasteiger partial charge is 0.368 e. The highest BCUT2D eigenvalue weighted by Gasteiger charge is 2.33. The molecule has 0 saturated carbocycles. The number of hydrogen-bond acceptors (Lipinski definition) is 3. The lowest BCUT2D eigenvalue weighted by Gasteiger charge is -2.41.